The molecule has 2 amide bonds. The summed E-state index contributed by atoms with van der Waals surface area (Å²) < 4.78 is 17.2. The number of carbonyl (C=O) groups excluding carboxylic acids is 3. The molecule has 0 saturated carbocycles. The Labute approximate surface area is 303 Å². The molecule has 3 unspecified atom stereocenters. The number of primary amides is 2. The molecule has 6 rings (SSSR count). The van der Waals surface area contributed by atoms with Crippen molar-refractivity contribution in [2.24, 2.45) is 11.5 Å². The number of hydrogen-bond donors (Lipinski definition) is 7. The number of carbonyl (C=O) groups is 5. The Morgan fingerprint density at radius 1 is 0.722 bits per heavy atom. The third kappa shape index (κ3) is 5.43. The van der Waals surface area contributed by atoms with Crippen LogP contribution in [-0.4, -0.2) is 78.3 Å². The maximum atomic E-state index is 14.4. The van der Waals surface area contributed by atoms with Crippen LogP contribution in [0.1, 0.15) is 43.7 Å². The van der Waals surface area contributed by atoms with Crippen molar-refractivity contribution in [1.29, 1.82) is 0 Å². The molecule has 0 aliphatic heterocycles. The number of amides is 2. The number of carboxylic acid groups (broad SMARTS) is 2. The van der Waals surface area contributed by atoms with Gasteiger partial charge in [0.25, 0.3) is 0 Å². The zero-order valence-electron chi connectivity index (χ0n) is 29.5. The zero-order chi connectivity index (χ0) is 39.7. The van der Waals surface area contributed by atoms with Crippen molar-refractivity contribution in [3.05, 3.63) is 49.3 Å². The predicted molar refractivity (Wildman–Crippen MR) is 197 cm³/mol. The van der Waals surface area contributed by atoms with Gasteiger partial charge in [-0.3, -0.25) is 24.0 Å². The number of Topliss-reactive ketones (excluding diaryl/α,β-unsaturated/α-hetero) is 1. The Morgan fingerprint density at radius 3 is 1.65 bits per heavy atom. The van der Waals surface area contributed by atoms with Gasteiger partial charge in [0.15, 0.2) is 22.4 Å². The van der Waals surface area contributed by atoms with Crippen molar-refractivity contribution < 1.29 is 53.5 Å². The van der Waals surface area contributed by atoms with E-state index >= 15 is 0 Å². The fourth-order valence-corrected chi connectivity index (χ4v) is 7.73. The molecule has 17 heteroatoms. The molecule has 0 heterocycles. The van der Waals surface area contributed by atoms with Crippen LogP contribution < -0.4 is 47.2 Å². The van der Waals surface area contributed by atoms with Crippen LogP contribution in [0.5, 0.6) is 23.0 Å². The van der Waals surface area contributed by atoms with Gasteiger partial charge < -0.3 is 51.6 Å². The van der Waals surface area contributed by atoms with Gasteiger partial charge >= 0.3 is 11.9 Å². The van der Waals surface area contributed by atoms with Crippen molar-refractivity contribution in [1.82, 2.24) is 0 Å². The number of benzene rings is 5. The average Bonchev–Trinajstić information content (AvgIpc) is 3.22. The lowest BCUT2D eigenvalue weighted by Crippen LogP contribution is -2.37. The van der Waals surface area contributed by atoms with E-state index in [0.29, 0.717) is 5.57 Å². The first kappa shape index (κ1) is 36.9. The first-order chi connectivity index (χ1) is 25.5. The molecule has 0 aromatic heterocycles. The molecule has 0 saturated heterocycles. The molecule has 0 bridgehead atoms. The van der Waals surface area contributed by atoms with Crippen LogP contribution in [0.25, 0.3) is 49.2 Å². The number of rotatable bonds is 14. The molecule has 5 aromatic carbocycles. The number of hydrogen-bond acceptors (Lipinski definition) is 13. The van der Waals surface area contributed by atoms with E-state index in [0.717, 1.165) is 12.1 Å². The van der Waals surface area contributed by atoms with Crippen LogP contribution in [0, 0.1) is 0 Å². The quantitative estimate of drug-likeness (QED) is 0.0634. The van der Waals surface area contributed by atoms with Gasteiger partial charge in [0.1, 0.15) is 29.4 Å². The summed E-state index contributed by atoms with van der Waals surface area (Å²) in [6.45, 7) is 2.87. The van der Waals surface area contributed by atoms with Gasteiger partial charge in [-0.2, -0.15) is 0 Å². The molecular formula is C37H34N4O13. The monoisotopic (exact) mass is 742 g/mol. The van der Waals surface area contributed by atoms with E-state index in [4.69, 9.17) is 25.7 Å². The van der Waals surface area contributed by atoms with E-state index in [1.54, 1.807) is 6.92 Å². The molecule has 0 fully saturated rings. The molecule has 3 atom stereocenters. The Kier molecular flexibility index (Phi) is 9.05. The number of carboxylic acids is 2. The number of nitrogens with two attached hydrogens (primary N) is 2. The topological polar surface area (TPSA) is 284 Å². The van der Waals surface area contributed by atoms with Crippen molar-refractivity contribution in [3.8, 4) is 23.0 Å². The average molecular weight is 743 g/mol. The number of fused-ring (bicyclic) bond motifs is 1. The van der Waals surface area contributed by atoms with Crippen molar-refractivity contribution >= 4 is 90.1 Å². The number of allylic oxidation sites excluding steroid dienone is 1. The highest BCUT2D eigenvalue weighted by Gasteiger charge is 2.38. The van der Waals surface area contributed by atoms with Gasteiger partial charge in [-0.15, -0.1) is 0 Å². The molecule has 0 radical (unpaired) electrons. The van der Waals surface area contributed by atoms with E-state index < -0.39 is 77.0 Å². The Bertz CT molecular complexity index is 2650. The molecule has 280 valence electrons. The Balaban J connectivity index is 2.07. The van der Waals surface area contributed by atoms with E-state index in [-0.39, 0.29) is 82.8 Å². The lowest BCUT2D eigenvalue weighted by Gasteiger charge is -2.28. The molecule has 17 nitrogen and oxygen atoms in total. The zero-order valence-corrected chi connectivity index (χ0v) is 29.5. The smallest absolute Gasteiger partial charge is 0.326 e. The van der Waals surface area contributed by atoms with E-state index in [1.807, 2.05) is 0 Å². The summed E-state index contributed by atoms with van der Waals surface area (Å²) in [5.41, 5.74) is 9.29. The summed E-state index contributed by atoms with van der Waals surface area (Å²) in [6, 6.07) is -1.34. The third-order valence-corrected chi connectivity index (χ3v) is 9.72. The normalized spacial score (nSPS) is 14.8. The fourth-order valence-electron chi connectivity index (χ4n) is 7.73. The number of aliphatic carboxylic acids is 2. The SMILES string of the molecule is COc1c(O)c2c(=O)cc(OC)c3c4c(OC)cc(=O)c5c(NC(CC(N)=O)C(=O)O)c(NC(CC(N)=O)C(=O)O)c6c(c(c1C(C(C)=O)C(C)=C6)c23)c54. The number of phenolic OH excluding ortho intramolecular Hbond substituents is 1. The van der Waals surface area contributed by atoms with E-state index in [2.05, 4.69) is 10.6 Å². The highest BCUT2D eigenvalue weighted by Crippen LogP contribution is 2.58. The molecule has 5 aromatic rings. The highest BCUT2D eigenvalue weighted by atomic mass is 16.5. The predicted octanol–water partition coefficient (Wildman–Crippen LogP) is 2.20. The lowest BCUT2D eigenvalue weighted by molar-refractivity contribution is -0.140. The maximum Gasteiger partial charge on any atom is 0.326 e. The summed E-state index contributed by atoms with van der Waals surface area (Å²) in [6.07, 6.45) is -0.0523. The molecule has 0 spiro atoms. The largest absolute Gasteiger partial charge is 0.504 e. The summed E-state index contributed by atoms with van der Waals surface area (Å²) >= 11 is 0. The maximum absolute atomic E-state index is 14.4. The van der Waals surface area contributed by atoms with E-state index in [9.17, 15) is 48.9 Å². The van der Waals surface area contributed by atoms with Gasteiger partial charge in [0, 0.05) is 50.2 Å². The van der Waals surface area contributed by atoms with E-state index in [1.165, 1.54) is 34.3 Å². The number of anilines is 2. The van der Waals surface area contributed by atoms with Crippen molar-refractivity contribution in [2.75, 3.05) is 32.0 Å². The summed E-state index contributed by atoms with van der Waals surface area (Å²) in [5, 5.41) is 38.0. The van der Waals surface area contributed by atoms with Gasteiger partial charge in [-0.05, 0) is 19.2 Å². The Morgan fingerprint density at radius 2 is 1.20 bits per heavy atom. The van der Waals surface area contributed by atoms with Gasteiger partial charge in [0.2, 0.25) is 11.8 Å². The minimum Gasteiger partial charge on any atom is -0.504 e. The Hall–Kier alpha value is -6.91. The van der Waals surface area contributed by atoms with Crippen LogP contribution >= 0.6 is 0 Å². The molecule has 1 aliphatic rings. The summed E-state index contributed by atoms with van der Waals surface area (Å²) in [5.74, 6) is -7.63. The minimum atomic E-state index is -1.78. The highest BCUT2D eigenvalue weighted by molar-refractivity contribution is 6.41. The first-order valence-electron chi connectivity index (χ1n) is 16.3. The number of methoxy groups -OCH3 is 3. The molecular weight excluding hydrogens is 708 g/mol. The van der Waals surface area contributed by atoms with Crippen LogP contribution in [0.4, 0.5) is 11.4 Å². The van der Waals surface area contributed by atoms with Gasteiger partial charge in [0.05, 0.1) is 62.2 Å². The summed E-state index contributed by atoms with van der Waals surface area (Å²) in [7, 11) is 3.81. The van der Waals surface area contributed by atoms with Gasteiger partial charge in [-0.1, -0.05) is 11.6 Å². The van der Waals surface area contributed by atoms with Crippen LogP contribution in [0.2, 0.25) is 0 Å². The van der Waals surface area contributed by atoms with Gasteiger partial charge in [-0.25, -0.2) is 9.59 Å². The first-order valence-corrected chi connectivity index (χ1v) is 16.3. The minimum absolute atomic E-state index is 0.0146. The van der Waals surface area contributed by atoms with Crippen molar-refractivity contribution in [2.45, 2.75) is 44.7 Å². The lowest BCUT2D eigenvalue weighted by atomic mass is 9.80. The molecule has 54 heavy (non-hydrogen) atoms. The van der Waals surface area contributed by atoms with Crippen LogP contribution in [0.15, 0.2) is 27.3 Å². The van der Waals surface area contributed by atoms with Crippen molar-refractivity contribution in [3.63, 3.8) is 0 Å². The number of nitrogens with one attached hydrogen (secondary N) is 2. The number of ketones is 1. The number of ether oxygens (including phenoxy) is 3. The standard InChI is InChI=1S/C37H34N4O13/c1-11-6-13-23-28-24(33(41-15(37(50)51)8-21(39)46)32(13)40-14(36(48)49)7-20(38)45)16(43)9-18(52-3)26(28)27-19(53-4)10-17(44)25-30(27)29(23)31(22(11)12(2)42)35(54-5)34(25)47/h6,9-10,14-15,22,40-41,47H,7-8H2,1-5H3,(H2,38,45)(H2,39,46)(H,48,49)(H,50,51). The molecule has 1 aliphatic carbocycles. The summed E-state index contributed by atoms with van der Waals surface area (Å²) in [4.78, 5) is 91.4. The number of phenols is 1. The molecule has 9 N–H and O–H groups in total. The van der Waals surface area contributed by atoms with Crippen LogP contribution in [0.3, 0.4) is 0 Å². The fraction of sp³-hybridized carbons (Fsp3) is 0.270. The third-order valence-electron chi connectivity index (χ3n) is 9.72. The second kappa shape index (κ2) is 13.3. The second-order valence-electron chi connectivity index (χ2n) is 13.0. The number of aromatic hydroxyl groups is 1. The second-order valence-corrected chi connectivity index (χ2v) is 13.0. The van der Waals surface area contributed by atoms with Crippen LogP contribution in [-0.2, 0) is 24.0 Å².